The minimum absolute atomic E-state index is 0. The number of rotatable bonds is 9. The summed E-state index contributed by atoms with van der Waals surface area (Å²) in [4.78, 5) is 12.0. The van der Waals surface area contributed by atoms with Gasteiger partial charge in [-0.05, 0) is 17.7 Å². The fourth-order valence-corrected chi connectivity index (χ4v) is 2.45. The lowest BCUT2D eigenvalue weighted by Crippen LogP contribution is -3.00. The molecule has 2 rings (SSSR count). The Bertz CT molecular complexity index is 632. The molecule has 4 nitrogen and oxygen atoms in total. The van der Waals surface area contributed by atoms with Gasteiger partial charge in [-0.2, -0.15) is 0 Å². The number of hydrogen-bond acceptors (Lipinski definition) is 3. The van der Waals surface area contributed by atoms with E-state index < -0.39 is 0 Å². The highest BCUT2D eigenvalue weighted by Gasteiger charge is 2.07. The number of carbonyl (C=O) groups is 1. The number of ether oxygens (including phenoxy) is 2. The largest absolute Gasteiger partial charge is 1.00 e. The second-order valence-corrected chi connectivity index (χ2v) is 5.34. The Labute approximate surface area is 149 Å². The van der Waals surface area contributed by atoms with Crippen LogP contribution in [-0.2, 0) is 6.42 Å². The molecule has 130 valence electrons. The van der Waals surface area contributed by atoms with Crippen molar-refractivity contribution in [2.45, 2.75) is 12.8 Å². The van der Waals surface area contributed by atoms with Crippen molar-refractivity contribution in [2.24, 2.45) is 0 Å². The molecule has 0 aliphatic carbocycles. The summed E-state index contributed by atoms with van der Waals surface area (Å²) in [6.07, 6.45) is 1.50. The number of nitrogens with two attached hydrogens (primary N) is 1. The summed E-state index contributed by atoms with van der Waals surface area (Å²) >= 11 is 0. The number of carbonyl (C=O) groups excluding carboxylic acids is 1. The van der Waals surface area contributed by atoms with Crippen molar-refractivity contribution in [1.29, 1.82) is 0 Å². The molecule has 2 aromatic rings. The fourth-order valence-electron chi connectivity index (χ4n) is 2.45. The molecule has 0 fully saturated rings. The quantitative estimate of drug-likeness (QED) is 0.471. The molecule has 2 aromatic carbocycles. The van der Waals surface area contributed by atoms with Crippen molar-refractivity contribution in [3.8, 4) is 11.5 Å². The molecule has 0 bridgehead atoms. The first-order valence-corrected chi connectivity index (χ1v) is 7.85. The van der Waals surface area contributed by atoms with Gasteiger partial charge in [0.2, 0.25) is 0 Å². The van der Waals surface area contributed by atoms with E-state index in [1.165, 1.54) is 5.56 Å². The molecule has 5 heteroatoms. The van der Waals surface area contributed by atoms with Crippen LogP contribution in [0.2, 0.25) is 0 Å². The van der Waals surface area contributed by atoms with Crippen molar-refractivity contribution in [1.82, 2.24) is 0 Å². The Morgan fingerprint density at radius 2 is 1.67 bits per heavy atom. The monoisotopic (exact) mass is 349 g/mol. The zero-order valence-corrected chi connectivity index (χ0v) is 14.9. The van der Waals surface area contributed by atoms with E-state index in [9.17, 15) is 4.79 Å². The summed E-state index contributed by atoms with van der Waals surface area (Å²) in [6, 6.07) is 15.4. The van der Waals surface area contributed by atoms with E-state index in [4.69, 9.17) is 9.47 Å². The molecule has 0 saturated carbocycles. The Kier molecular flexibility index (Phi) is 8.90. The van der Waals surface area contributed by atoms with E-state index in [0.717, 1.165) is 36.6 Å². The summed E-state index contributed by atoms with van der Waals surface area (Å²) in [6.45, 7) is 1.75. The van der Waals surface area contributed by atoms with Gasteiger partial charge in [-0.15, -0.1) is 0 Å². The lowest BCUT2D eigenvalue weighted by atomic mass is 10.1. The number of Topliss-reactive ketones (excluding diaryl/α,β-unsaturated/α-hetero) is 1. The molecule has 0 atom stereocenters. The predicted molar refractivity (Wildman–Crippen MR) is 90.3 cm³/mol. The number of ketones is 1. The summed E-state index contributed by atoms with van der Waals surface area (Å²) in [7, 11) is 3.28. The van der Waals surface area contributed by atoms with Crippen LogP contribution in [0.5, 0.6) is 11.5 Å². The van der Waals surface area contributed by atoms with Gasteiger partial charge in [0, 0.05) is 12.0 Å². The molecule has 24 heavy (non-hydrogen) atoms. The van der Waals surface area contributed by atoms with Crippen molar-refractivity contribution in [3.63, 3.8) is 0 Å². The van der Waals surface area contributed by atoms with Crippen LogP contribution >= 0.6 is 0 Å². The third kappa shape index (κ3) is 5.87. The Hall–Kier alpha value is -2.04. The fraction of sp³-hybridized carbons (Fsp3) is 0.316. The number of methoxy groups -OCH3 is 2. The smallest absolute Gasteiger partial charge is 0.168 e. The minimum Gasteiger partial charge on any atom is -1.00 e. The number of hydrogen-bond donors (Lipinski definition) is 1. The second kappa shape index (κ2) is 10.7. The van der Waals surface area contributed by atoms with Gasteiger partial charge in [-0.25, -0.2) is 0 Å². The van der Waals surface area contributed by atoms with E-state index in [1.807, 2.05) is 48.5 Å². The van der Waals surface area contributed by atoms with Gasteiger partial charge in [-0.3, -0.25) is 4.79 Å². The average Bonchev–Trinajstić information content (AvgIpc) is 2.61. The minimum atomic E-state index is 0. The van der Waals surface area contributed by atoms with Crippen molar-refractivity contribution in [3.05, 3.63) is 59.7 Å². The van der Waals surface area contributed by atoms with Crippen molar-refractivity contribution < 1.29 is 32.0 Å². The van der Waals surface area contributed by atoms with Gasteiger partial charge in [0.05, 0.1) is 33.7 Å². The maximum absolute atomic E-state index is 12.0. The van der Waals surface area contributed by atoms with Crippen LogP contribution in [0.4, 0.5) is 0 Å². The van der Waals surface area contributed by atoms with Gasteiger partial charge in [0.15, 0.2) is 17.3 Å². The Balaban J connectivity index is 0.00000288. The van der Waals surface area contributed by atoms with Crippen LogP contribution in [0.1, 0.15) is 22.3 Å². The molecule has 0 saturated heterocycles. The van der Waals surface area contributed by atoms with Crippen LogP contribution in [0.25, 0.3) is 0 Å². The predicted octanol–water partition coefficient (Wildman–Crippen LogP) is -0.913. The first kappa shape index (κ1) is 20.0. The highest BCUT2D eigenvalue weighted by atomic mass is 35.5. The topological polar surface area (TPSA) is 52.1 Å². The third-order valence-corrected chi connectivity index (χ3v) is 3.76. The molecule has 0 unspecified atom stereocenters. The Morgan fingerprint density at radius 3 is 2.33 bits per heavy atom. The summed E-state index contributed by atoms with van der Waals surface area (Å²) < 4.78 is 10.5. The molecule has 0 aromatic heterocycles. The van der Waals surface area contributed by atoms with E-state index >= 15 is 0 Å². The normalized spacial score (nSPS) is 9.92. The molecule has 0 radical (unpaired) electrons. The maximum Gasteiger partial charge on any atom is 0.168 e. The molecular formula is C19H24ClNO3. The standard InChI is InChI=1S/C19H23NO3.ClH/c1-22-18-9-8-15(14-19(18)23-2)10-12-20-13-11-17(21)16-6-4-3-5-7-16;/h3-9,14,20H,10-13H2,1-2H3;1H. The lowest BCUT2D eigenvalue weighted by Gasteiger charge is -2.09. The van der Waals surface area contributed by atoms with Gasteiger partial charge in [-0.1, -0.05) is 36.4 Å². The van der Waals surface area contributed by atoms with Gasteiger partial charge < -0.3 is 27.2 Å². The van der Waals surface area contributed by atoms with E-state index in [-0.39, 0.29) is 18.2 Å². The zero-order valence-electron chi connectivity index (χ0n) is 14.1. The SMILES string of the molecule is COc1ccc(CC[NH2+]CCC(=O)c2ccccc2)cc1OC.[Cl-]. The molecule has 2 N–H and O–H groups in total. The highest BCUT2D eigenvalue weighted by Crippen LogP contribution is 2.27. The number of halogens is 1. The highest BCUT2D eigenvalue weighted by molar-refractivity contribution is 5.95. The molecule has 0 spiro atoms. The first-order chi connectivity index (χ1) is 11.2. The lowest BCUT2D eigenvalue weighted by molar-refractivity contribution is -0.653. The van der Waals surface area contributed by atoms with Gasteiger partial charge >= 0.3 is 0 Å². The average molecular weight is 350 g/mol. The summed E-state index contributed by atoms with van der Waals surface area (Å²) in [5.74, 6) is 1.70. The van der Waals surface area contributed by atoms with Gasteiger partial charge in [0.25, 0.3) is 0 Å². The maximum atomic E-state index is 12.0. The number of benzene rings is 2. The van der Waals surface area contributed by atoms with Crippen LogP contribution in [0.15, 0.2) is 48.5 Å². The van der Waals surface area contributed by atoms with Crippen LogP contribution < -0.4 is 27.2 Å². The third-order valence-electron chi connectivity index (χ3n) is 3.76. The van der Waals surface area contributed by atoms with Crippen LogP contribution in [0.3, 0.4) is 0 Å². The van der Waals surface area contributed by atoms with Crippen LogP contribution in [0, 0.1) is 0 Å². The van der Waals surface area contributed by atoms with Crippen molar-refractivity contribution >= 4 is 5.78 Å². The second-order valence-electron chi connectivity index (χ2n) is 5.34. The van der Waals surface area contributed by atoms with Crippen molar-refractivity contribution in [2.75, 3.05) is 27.3 Å². The molecular weight excluding hydrogens is 326 g/mol. The van der Waals surface area contributed by atoms with Crippen LogP contribution in [-0.4, -0.2) is 33.1 Å². The van der Waals surface area contributed by atoms with E-state index in [1.54, 1.807) is 14.2 Å². The summed E-state index contributed by atoms with van der Waals surface area (Å²) in [5.41, 5.74) is 1.99. The van der Waals surface area contributed by atoms with Gasteiger partial charge in [0.1, 0.15) is 0 Å². The molecule has 0 heterocycles. The zero-order chi connectivity index (χ0) is 16.5. The molecule has 0 amide bonds. The van der Waals surface area contributed by atoms with E-state index in [0.29, 0.717) is 6.42 Å². The molecule has 0 aliphatic heterocycles. The molecule has 0 aliphatic rings. The first-order valence-electron chi connectivity index (χ1n) is 7.85. The van der Waals surface area contributed by atoms with E-state index in [2.05, 4.69) is 5.32 Å². The Morgan fingerprint density at radius 1 is 0.958 bits per heavy atom. The summed E-state index contributed by atoms with van der Waals surface area (Å²) in [5, 5.41) is 2.18. The number of quaternary nitrogens is 1.